The van der Waals surface area contributed by atoms with Gasteiger partial charge >= 0.3 is 0 Å². The molecule has 1 aromatic carbocycles. The highest BCUT2D eigenvalue weighted by molar-refractivity contribution is 5.76. The third-order valence-corrected chi connectivity index (χ3v) is 3.28. The van der Waals surface area contributed by atoms with Gasteiger partial charge in [0.2, 0.25) is 5.91 Å². The molecule has 0 aromatic heterocycles. The third kappa shape index (κ3) is 2.89. The maximum absolute atomic E-state index is 12.0. The van der Waals surface area contributed by atoms with Crippen LogP contribution in [0, 0.1) is 0 Å². The predicted octanol–water partition coefficient (Wildman–Crippen LogP) is 1.32. The molecule has 0 spiro atoms. The van der Waals surface area contributed by atoms with Crippen LogP contribution in [0.3, 0.4) is 0 Å². The monoisotopic (exact) mass is 248 g/mol. The maximum atomic E-state index is 12.0. The largest absolute Gasteiger partial charge is 0.370 e. The van der Waals surface area contributed by atoms with E-state index in [1.54, 1.807) is 0 Å². The minimum absolute atomic E-state index is 0.0240. The van der Waals surface area contributed by atoms with Gasteiger partial charge in [0.25, 0.3) is 0 Å². The number of amides is 1. The minimum atomic E-state index is -0.0240. The lowest BCUT2D eigenvalue weighted by Crippen LogP contribution is -2.48. The number of rotatable bonds is 3. The lowest BCUT2D eigenvalue weighted by molar-refractivity contribution is -0.144. The van der Waals surface area contributed by atoms with E-state index >= 15 is 0 Å². The molecule has 1 aliphatic rings. The van der Waals surface area contributed by atoms with Crippen molar-refractivity contribution in [2.24, 2.45) is 5.73 Å². The van der Waals surface area contributed by atoms with E-state index in [9.17, 15) is 4.79 Å². The van der Waals surface area contributed by atoms with E-state index in [1.165, 1.54) is 0 Å². The molecule has 1 aromatic rings. The highest BCUT2D eigenvalue weighted by Crippen LogP contribution is 2.24. The molecule has 0 radical (unpaired) electrons. The Morgan fingerprint density at radius 3 is 2.83 bits per heavy atom. The molecule has 1 aliphatic heterocycles. The van der Waals surface area contributed by atoms with Crippen molar-refractivity contribution in [1.29, 1.82) is 0 Å². The Hall–Kier alpha value is -1.39. The molecule has 1 amide bonds. The number of nitrogens with two attached hydrogens (primary N) is 1. The number of morpholine rings is 1. The highest BCUT2D eigenvalue weighted by Gasteiger charge is 2.29. The molecule has 1 heterocycles. The first kappa shape index (κ1) is 13.1. The van der Waals surface area contributed by atoms with Crippen LogP contribution in [-0.2, 0) is 9.53 Å². The van der Waals surface area contributed by atoms with E-state index in [1.807, 2.05) is 42.2 Å². The molecule has 4 nitrogen and oxygen atoms in total. The molecular formula is C14H20N2O2. The molecule has 2 atom stereocenters. The molecule has 1 saturated heterocycles. The smallest absolute Gasteiger partial charge is 0.224 e. The van der Waals surface area contributed by atoms with Gasteiger partial charge in [-0.1, -0.05) is 30.3 Å². The van der Waals surface area contributed by atoms with Crippen LogP contribution in [0.1, 0.15) is 25.0 Å². The molecule has 18 heavy (non-hydrogen) atoms. The van der Waals surface area contributed by atoms with E-state index < -0.39 is 0 Å². The fraction of sp³-hybridized carbons (Fsp3) is 0.500. The average molecular weight is 248 g/mol. The van der Waals surface area contributed by atoms with Gasteiger partial charge in [-0.2, -0.15) is 0 Å². The summed E-state index contributed by atoms with van der Waals surface area (Å²) in [5, 5.41) is 0. The van der Waals surface area contributed by atoms with Gasteiger partial charge in [0.15, 0.2) is 0 Å². The van der Waals surface area contributed by atoms with Crippen LogP contribution in [-0.4, -0.2) is 36.5 Å². The summed E-state index contributed by atoms with van der Waals surface area (Å²) >= 11 is 0. The average Bonchev–Trinajstić information content (AvgIpc) is 2.40. The predicted molar refractivity (Wildman–Crippen MR) is 70.0 cm³/mol. The molecule has 2 rings (SSSR count). The van der Waals surface area contributed by atoms with Crippen molar-refractivity contribution >= 4 is 5.91 Å². The fourth-order valence-electron chi connectivity index (χ4n) is 2.24. The summed E-state index contributed by atoms with van der Waals surface area (Å²) in [7, 11) is 0. The van der Waals surface area contributed by atoms with Gasteiger partial charge in [0.1, 0.15) is 6.10 Å². The number of ether oxygens (including phenoxy) is 1. The van der Waals surface area contributed by atoms with Crippen molar-refractivity contribution in [1.82, 2.24) is 4.90 Å². The lowest BCUT2D eigenvalue weighted by atomic mass is 10.1. The quantitative estimate of drug-likeness (QED) is 0.878. The Morgan fingerprint density at radius 1 is 1.44 bits per heavy atom. The Balaban J connectivity index is 2.07. The number of carbonyl (C=O) groups excluding carboxylic acids is 1. The zero-order chi connectivity index (χ0) is 13.0. The van der Waals surface area contributed by atoms with Gasteiger partial charge in [-0.05, 0) is 12.5 Å². The molecule has 2 unspecified atom stereocenters. The molecule has 0 aliphatic carbocycles. The summed E-state index contributed by atoms with van der Waals surface area (Å²) in [6.07, 6.45) is 0.385. The first-order chi connectivity index (χ1) is 8.72. The summed E-state index contributed by atoms with van der Waals surface area (Å²) in [4.78, 5) is 13.9. The van der Waals surface area contributed by atoms with Crippen LogP contribution in [0.25, 0.3) is 0 Å². The van der Waals surface area contributed by atoms with Crippen molar-refractivity contribution in [2.45, 2.75) is 25.5 Å². The zero-order valence-electron chi connectivity index (χ0n) is 10.7. The first-order valence-electron chi connectivity index (χ1n) is 6.38. The van der Waals surface area contributed by atoms with Crippen LogP contribution < -0.4 is 5.73 Å². The van der Waals surface area contributed by atoms with Gasteiger partial charge < -0.3 is 15.4 Å². The molecule has 98 valence electrons. The summed E-state index contributed by atoms with van der Waals surface area (Å²) in [5.41, 5.74) is 6.57. The Bertz CT molecular complexity index is 394. The minimum Gasteiger partial charge on any atom is -0.370 e. The number of hydrogen-bond acceptors (Lipinski definition) is 3. The molecule has 1 fully saturated rings. The van der Waals surface area contributed by atoms with Crippen molar-refractivity contribution in [2.75, 3.05) is 19.7 Å². The summed E-state index contributed by atoms with van der Waals surface area (Å²) < 4.78 is 5.81. The van der Waals surface area contributed by atoms with Gasteiger partial charge in [0.05, 0.1) is 19.2 Å². The van der Waals surface area contributed by atoms with E-state index in [4.69, 9.17) is 10.5 Å². The molecule has 2 N–H and O–H groups in total. The second-order valence-electron chi connectivity index (χ2n) is 4.67. The second-order valence-corrected chi connectivity index (χ2v) is 4.67. The molecule has 0 saturated carbocycles. The van der Waals surface area contributed by atoms with Gasteiger partial charge in [-0.3, -0.25) is 4.79 Å². The van der Waals surface area contributed by atoms with Crippen LogP contribution >= 0.6 is 0 Å². The van der Waals surface area contributed by atoms with E-state index in [0.29, 0.717) is 26.1 Å². The van der Waals surface area contributed by atoms with E-state index in [-0.39, 0.29) is 18.1 Å². The lowest BCUT2D eigenvalue weighted by Gasteiger charge is -2.38. The van der Waals surface area contributed by atoms with Crippen LogP contribution in [0.2, 0.25) is 0 Å². The fourth-order valence-corrected chi connectivity index (χ4v) is 2.24. The third-order valence-electron chi connectivity index (χ3n) is 3.28. The number of carbonyl (C=O) groups is 1. The summed E-state index contributed by atoms with van der Waals surface area (Å²) in [5.74, 6) is 0.120. The topological polar surface area (TPSA) is 55.6 Å². The van der Waals surface area contributed by atoms with Gasteiger partial charge in [0, 0.05) is 13.0 Å². The van der Waals surface area contributed by atoms with Crippen LogP contribution in [0.4, 0.5) is 0 Å². The van der Waals surface area contributed by atoms with Crippen molar-refractivity contribution in [3.8, 4) is 0 Å². The maximum Gasteiger partial charge on any atom is 0.224 e. The van der Waals surface area contributed by atoms with E-state index in [0.717, 1.165) is 5.56 Å². The number of nitrogens with zero attached hydrogens (tertiary/aromatic N) is 1. The van der Waals surface area contributed by atoms with Crippen LogP contribution in [0.15, 0.2) is 30.3 Å². The normalized spacial score (nSPS) is 24.0. The molecule has 4 heteroatoms. The van der Waals surface area contributed by atoms with Crippen molar-refractivity contribution in [3.05, 3.63) is 35.9 Å². The van der Waals surface area contributed by atoms with Crippen molar-refractivity contribution < 1.29 is 9.53 Å². The van der Waals surface area contributed by atoms with Gasteiger partial charge in [-0.25, -0.2) is 0 Å². The van der Waals surface area contributed by atoms with Crippen molar-refractivity contribution in [3.63, 3.8) is 0 Å². The highest BCUT2D eigenvalue weighted by atomic mass is 16.5. The number of hydrogen-bond donors (Lipinski definition) is 1. The summed E-state index contributed by atoms with van der Waals surface area (Å²) in [6.45, 7) is 3.61. The first-order valence-corrected chi connectivity index (χ1v) is 6.38. The van der Waals surface area contributed by atoms with Crippen LogP contribution in [0.5, 0.6) is 0 Å². The second kappa shape index (κ2) is 5.98. The molecular weight excluding hydrogens is 228 g/mol. The van der Waals surface area contributed by atoms with Gasteiger partial charge in [-0.15, -0.1) is 0 Å². The Kier molecular flexibility index (Phi) is 4.33. The SMILES string of the molecule is CC1COC(c2ccccc2)CN1C(=O)CCN. The standard InChI is InChI=1S/C14H20N2O2/c1-11-10-18-13(12-5-3-2-4-6-12)9-16(11)14(17)7-8-15/h2-6,11,13H,7-10,15H2,1H3. The summed E-state index contributed by atoms with van der Waals surface area (Å²) in [6, 6.07) is 10.2. The zero-order valence-corrected chi connectivity index (χ0v) is 10.7. The van der Waals surface area contributed by atoms with E-state index in [2.05, 4.69) is 0 Å². The Labute approximate surface area is 108 Å². The Morgan fingerprint density at radius 2 is 2.17 bits per heavy atom. The number of benzene rings is 1. The molecule has 0 bridgehead atoms.